The number of ketones is 1. The van der Waals surface area contributed by atoms with Crippen LogP contribution in [0.15, 0.2) is 35.9 Å². The van der Waals surface area contributed by atoms with Crippen LogP contribution >= 0.6 is 0 Å². The van der Waals surface area contributed by atoms with Crippen LogP contribution in [0.25, 0.3) is 5.76 Å². The number of aliphatic hydroxyl groups is 1. The van der Waals surface area contributed by atoms with Gasteiger partial charge in [-0.15, -0.1) is 0 Å². The van der Waals surface area contributed by atoms with Gasteiger partial charge in [0.15, 0.2) is 23.0 Å². The van der Waals surface area contributed by atoms with E-state index in [4.69, 9.17) is 23.7 Å². The maximum Gasteiger partial charge on any atom is 0.295 e. The molecule has 0 radical (unpaired) electrons. The first kappa shape index (κ1) is 28.1. The van der Waals surface area contributed by atoms with E-state index in [0.29, 0.717) is 66.1 Å². The topological polar surface area (TPSA) is 107 Å². The fourth-order valence-corrected chi connectivity index (χ4v) is 5.07. The first-order valence-electron chi connectivity index (χ1n) is 13.1. The van der Waals surface area contributed by atoms with Gasteiger partial charge in [0.05, 0.1) is 32.9 Å². The van der Waals surface area contributed by atoms with Gasteiger partial charge in [0.25, 0.3) is 11.7 Å². The molecule has 2 heterocycles. The highest BCUT2D eigenvalue weighted by atomic mass is 16.6. The zero-order chi connectivity index (χ0) is 28.1. The third-order valence-electron chi connectivity index (χ3n) is 7.13. The zero-order valence-corrected chi connectivity index (χ0v) is 23.1. The van der Waals surface area contributed by atoms with Gasteiger partial charge in [0, 0.05) is 12.1 Å². The summed E-state index contributed by atoms with van der Waals surface area (Å²) in [6.45, 7) is 7.82. The average Bonchev–Trinajstić information content (AvgIpc) is 3.22. The number of likely N-dealkylation sites (tertiary alicyclic amines) is 1. The second-order valence-electron chi connectivity index (χ2n) is 9.19. The maximum absolute atomic E-state index is 13.5. The molecule has 4 rings (SSSR count). The molecule has 0 bridgehead atoms. The van der Waals surface area contributed by atoms with E-state index in [1.165, 1.54) is 26.2 Å². The van der Waals surface area contributed by atoms with Gasteiger partial charge < -0.3 is 38.6 Å². The number of benzene rings is 2. The lowest BCUT2D eigenvalue weighted by atomic mass is 9.94. The molecule has 0 aliphatic carbocycles. The van der Waals surface area contributed by atoms with Gasteiger partial charge in [0.2, 0.25) is 5.75 Å². The summed E-state index contributed by atoms with van der Waals surface area (Å²) in [6.07, 6.45) is 0.652. The lowest BCUT2D eigenvalue weighted by molar-refractivity contribution is -0.140. The van der Waals surface area contributed by atoms with Gasteiger partial charge in [-0.3, -0.25) is 9.59 Å². The monoisotopic (exact) mass is 540 g/mol. The molecule has 0 unspecified atom stereocenters. The highest BCUT2D eigenvalue weighted by Gasteiger charge is 2.46. The van der Waals surface area contributed by atoms with Crippen molar-refractivity contribution >= 4 is 17.4 Å². The zero-order valence-electron chi connectivity index (χ0n) is 23.1. The van der Waals surface area contributed by atoms with Gasteiger partial charge in [-0.1, -0.05) is 13.8 Å². The summed E-state index contributed by atoms with van der Waals surface area (Å²) >= 11 is 0. The van der Waals surface area contributed by atoms with E-state index in [9.17, 15) is 14.7 Å². The van der Waals surface area contributed by atoms with Crippen LogP contribution in [-0.4, -0.2) is 87.3 Å². The van der Waals surface area contributed by atoms with Crippen LogP contribution in [0.3, 0.4) is 0 Å². The minimum atomic E-state index is -0.872. The van der Waals surface area contributed by atoms with Crippen molar-refractivity contribution < 1.29 is 38.4 Å². The number of carbonyl (C=O) groups is 2. The number of methoxy groups -OCH3 is 3. The predicted octanol–water partition coefficient (Wildman–Crippen LogP) is 3.64. The quantitative estimate of drug-likeness (QED) is 0.260. The summed E-state index contributed by atoms with van der Waals surface area (Å²) in [7, 11) is 4.50. The summed E-state index contributed by atoms with van der Waals surface area (Å²) in [5.41, 5.74) is 0.872. The Hall–Kier alpha value is -3.92. The Morgan fingerprint density at radius 3 is 2.21 bits per heavy atom. The van der Waals surface area contributed by atoms with Gasteiger partial charge >= 0.3 is 0 Å². The molecule has 1 atom stereocenters. The van der Waals surface area contributed by atoms with E-state index < -0.39 is 17.7 Å². The van der Waals surface area contributed by atoms with Gasteiger partial charge in [-0.2, -0.15) is 0 Å². The van der Waals surface area contributed by atoms with Gasteiger partial charge in [-0.05, 0) is 62.0 Å². The Balaban J connectivity index is 1.83. The molecule has 1 saturated heterocycles. The maximum atomic E-state index is 13.5. The van der Waals surface area contributed by atoms with Gasteiger partial charge in [0.1, 0.15) is 19.0 Å². The fourth-order valence-electron chi connectivity index (χ4n) is 5.07. The van der Waals surface area contributed by atoms with Crippen molar-refractivity contribution in [2.45, 2.75) is 26.3 Å². The largest absolute Gasteiger partial charge is 0.507 e. The van der Waals surface area contributed by atoms with Crippen molar-refractivity contribution in [3.05, 3.63) is 47.0 Å². The molecule has 0 spiro atoms. The molecule has 210 valence electrons. The van der Waals surface area contributed by atoms with Gasteiger partial charge in [-0.25, -0.2) is 0 Å². The molecule has 1 fully saturated rings. The Bertz CT molecular complexity index is 1230. The predicted molar refractivity (Wildman–Crippen MR) is 145 cm³/mol. The molecule has 2 aromatic rings. The molecule has 1 N–H and O–H groups in total. The summed E-state index contributed by atoms with van der Waals surface area (Å²) in [5.74, 6) is 0.416. The Morgan fingerprint density at radius 1 is 0.974 bits per heavy atom. The second kappa shape index (κ2) is 12.3. The van der Waals surface area contributed by atoms with Crippen LogP contribution in [0.1, 0.15) is 37.4 Å². The second-order valence-corrected chi connectivity index (χ2v) is 9.19. The van der Waals surface area contributed by atoms with E-state index in [0.717, 1.165) is 19.6 Å². The first-order chi connectivity index (χ1) is 18.9. The summed E-state index contributed by atoms with van der Waals surface area (Å²) in [6, 6.07) is 7.47. The number of rotatable bonds is 11. The number of hydrogen-bond donors (Lipinski definition) is 1. The minimum Gasteiger partial charge on any atom is -0.507 e. The summed E-state index contributed by atoms with van der Waals surface area (Å²) in [4.78, 5) is 30.6. The van der Waals surface area contributed by atoms with Crippen LogP contribution in [0.2, 0.25) is 0 Å². The number of carbonyl (C=O) groups excluding carboxylic acids is 2. The van der Waals surface area contributed by atoms with Crippen LogP contribution in [0.4, 0.5) is 0 Å². The van der Waals surface area contributed by atoms with Crippen LogP contribution in [0, 0.1) is 0 Å². The summed E-state index contributed by atoms with van der Waals surface area (Å²) in [5, 5.41) is 11.5. The molecule has 10 nitrogen and oxygen atoms in total. The Labute approximate surface area is 228 Å². The molecule has 2 aliphatic rings. The number of ether oxygens (including phenoxy) is 5. The van der Waals surface area contributed by atoms with Crippen LogP contribution < -0.4 is 23.7 Å². The SMILES string of the molecule is CCN(CC)CCCN1C(=O)C(=O)/C(=C(/O)c2ccc3c(c2)OCCO3)[C@H]1c1cc(OC)c(OC)c(OC)c1. The molecule has 39 heavy (non-hydrogen) atoms. The first-order valence-corrected chi connectivity index (χ1v) is 13.1. The van der Waals surface area contributed by atoms with E-state index in [1.807, 2.05) is 0 Å². The number of nitrogens with zero attached hydrogens (tertiary/aromatic N) is 2. The molecule has 0 saturated carbocycles. The smallest absolute Gasteiger partial charge is 0.295 e. The van der Waals surface area contributed by atoms with Crippen molar-refractivity contribution in [1.82, 2.24) is 9.80 Å². The van der Waals surface area contributed by atoms with Crippen LogP contribution in [0.5, 0.6) is 28.7 Å². The minimum absolute atomic E-state index is 0.0196. The molecule has 2 aliphatic heterocycles. The van der Waals surface area contributed by atoms with Crippen molar-refractivity contribution in [3.8, 4) is 28.7 Å². The van der Waals surface area contributed by atoms with E-state index in [2.05, 4.69) is 18.7 Å². The highest BCUT2D eigenvalue weighted by molar-refractivity contribution is 6.46. The molecule has 1 amide bonds. The molecular weight excluding hydrogens is 504 g/mol. The third-order valence-corrected chi connectivity index (χ3v) is 7.13. The third kappa shape index (κ3) is 5.47. The van der Waals surface area contributed by atoms with Crippen molar-refractivity contribution in [1.29, 1.82) is 0 Å². The Kier molecular flexibility index (Phi) is 8.86. The standard InChI is InChI=1S/C29H36N2O8/c1-6-30(7-2)11-8-12-31-25(19-16-22(35-3)28(37-5)23(17-19)36-4)24(27(33)29(31)34)26(32)18-9-10-20-21(15-18)39-14-13-38-20/h9-10,15-17,25,32H,6-8,11-14H2,1-5H3/b26-24+/t25-/m1/s1. The average molecular weight is 541 g/mol. The number of aliphatic hydroxyl groups excluding tert-OH is 1. The van der Waals surface area contributed by atoms with Crippen molar-refractivity contribution in [3.63, 3.8) is 0 Å². The van der Waals surface area contributed by atoms with Crippen LogP contribution in [-0.2, 0) is 9.59 Å². The molecule has 0 aromatic heterocycles. The summed E-state index contributed by atoms with van der Waals surface area (Å²) < 4.78 is 27.8. The van der Waals surface area contributed by atoms with Crippen molar-refractivity contribution in [2.75, 3.05) is 60.7 Å². The Morgan fingerprint density at radius 2 is 1.62 bits per heavy atom. The number of amides is 1. The highest BCUT2D eigenvalue weighted by Crippen LogP contribution is 2.46. The molecule has 10 heteroatoms. The van der Waals surface area contributed by atoms with Crippen molar-refractivity contribution in [2.24, 2.45) is 0 Å². The van der Waals surface area contributed by atoms with E-state index in [-0.39, 0.29) is 11.3 Å². The number of fused-ring (bicyclic) bond motifs is 1. The van der Waals surface area contributed by atoms with E-state index >= 15 is 0 Å². The fraction of sp³-hybridized carbons (Fsp3) is 0.448. The lowest BCUT2D eigenvalue weighted by Gasteiger charge is -2.27. The number of Topliss-reactive ketones (excluding diaryl/α,β-unsaturated/α-hetero) is 1. The molecular formula is C29H36N2O8. The lowest BCUT2D eigenvalue weighted by Crippen LogP contribution is -2.33. The molecule has 2 aromatic carbocycles. The normalized spacial score (nSPS) is 18.0. The number of hydrogen-bond acceptors (Lipinski definition) is 9. The van der Waals surface area contributed by atoms with E-state index in [1.54, 1.807) is 30.3 Å².